The molecule has 0 radical (unpaired) electrons. The molecule has 0 spiro atoms. The smallest absolute Gasteiger partial charge is 0.258 e. The highest BCUT2D eigenvalue weighted by Gasteiger charge is 2.18. The van der Waals surface area contributed by atoms with Gasteiger partial charge < -0.3 is 0 Å². The van der Waals surface area contributed by atoms with Crippen LogP contribution in [0.3, 0.4) is 0 Å². The lowest BCUT2D eigenvalue weighted by molar-refractivity contribution is -0.115. The van der Waals surface area contributed by atoms with Crippen LogP contribution in [0.25, 0.3) is 0 Å². The lowest BCUT2D eigenvalue weighted by Crippen LogP contribution is -2.36. The summed E-state index contributed by atoms with van der Waals surface area (Å²) in [6.07, 6.45) is 0.687. The minimum Gasteiger partial charge on any atom is -0.297 e. The van der Waals surface area contributed by atoms with E-state index in [9.17, 15) is 4.79 Å². The Balaban J connectivity index is 2.99. The van der Waals surface area contributed by atoms with Crippen molar-refractivity contribution in [1.82, 2.24) is 5.32 Å². The number of amides is 1. The fourth-order valence-electron chi connectivity index (χ4n) is 0.814. The quantitative estimate of drug-likeness (QED) is 0.465. The number of nitrogens with zero attached hydrogens (tertiary/aromatic N) is 1. The number of carbonyl (C=O) groups is 1. The summed E-state index contributed by atoms with van der Waals surface area (Å²) in [4.78, 5) is 14.9. The normalized spacial score (nSPS) is 17.9. The van der Waals surface area contributed by atoms with E-state index in [1.807, 2.05) is 6.92 Å². The third-order valence-corrected chi connectivity index (χ3v) is 1.61. The first-order valence-corrected chi connectivity index (χ1v) is 3.68. The van der Waals surface area contributed by atoms with E-state index in [0.29, 0.717) is 17.7 Å². The Kier molecular flexibility index (Phi) is 2.14. The maximum Gasteiger partial charge on any atom is 0.258 e. The van der Waals surface area contributed by atoms with Crippen LogP contribution in [0.4, 0.5) is 0 Å². The molecule has 1 aliphatic rings. The van der Waals surface area contributed by atoms with Crippen molar-refractivity contribution in [1.29, 1.82) is 0 Å². The van der Waals surface area contributed by atoms with Gasteiger partial charge in [0.15, 0.2) is 5.11 Å². The summed E-state index contributed by atoms with van der Waals surface area (Å²) in [6.45, 7) is 5.49. The van der Waals surface area contributed by atoms with Crippen molar-refractivity contribution < 1.29 is 4.79 Å². The number of aliphatic imine (C=N–C) groups is 1. The van der Waals surface area contributed by atoms with Gasteiger partial charge in [0.05, 0.1) is 11.3 Å². The van der Waals surface area contributed by atoms with Gasteiger partial charge in [0, 0.05) is 0 Å². The summed E-state index contributed by atoms with van der Waals surface area (Å²) >= 11 is 4.72. The van der Waals surface area contributed by atoms with E-state index < -0.39 is 0 Å². The number of carbonyl (C=O) groups excluding carboxylic acids is 1. The van der Waals surface area contributed by atoms with E-state index in [2.05, 4.69) is 16.9 Å². The zero-order chi connectivity index (χ0) is 8.43. The van der Waals surface area contributed by atoms with Crippen molar-refractivity contribution in [3.63, 3.8) is 0 Å². The number of thiocarbonyl (C=S) groups is 1. The summed E-state index contributed by atoms with van der Waals surface area (Å²) in [7, 11) is 0. The van der Waals surface area contributed by atoms with Crippen LogP contribution in [0, 0.1) is 0 Å². The number of nitrogens with one attached hydrogen (secondary N) is 1. The van der Waals surface area contributed by atoms with Gasteiger partial charge in [-0.15, -0.1) is 0 Å². The third kappa shape index (κ3) is 1.51. The maximum absolute atomic E-state index is 11.0. The maximum atomic E-state index is 11.0. The molecule has 0 unspecified atom stereocenters. The van der Waals surface area contributed by atoms with Gasteiger partial charge in [-0.3, -0.25) is 10.1 Å². The summed E-state index contributed by atoms with van der Waals surface area (Å²) in [5, 5.41) is 2.63. The van der Waals surface area contributed by atoms with Gasteiger partial charge in [-0.2, -0.15) is 0 Å². The van der Waals surface area contributed by atoms with Crippen molar-refractivity contribution in [2.75, 3.05) is 0 Å². The van der Waals surface area contributed by atoms with Crippen molar-refractivity contribution in [3.8, 4) is 0 Å². The third-order valence-electron chi connectivity index (χ3n) is 1.41. The molecule has 58 valence electrons. The van der Waals surface area contributed by atoms with Gasteiger partial charge in [0.25, 0.3) is 5.91 Å². The highest BCUT2D eigenvalue weighted by molar-refractivity contribution is 7.80. The molecule has 0 saturated carbocycles. The number of hydrogen-bond donors (Lipinski definition) is 1. The molecule has 0 aromatic carbocycles. The van der Waals surface area contributed by atoms with Crippen LogP contribution >= 0.6 is 12.2 Å². The van der Waals surface area contributed by atoms with Crippen LogP contribution < -0.4 is 5.32 Å². The van der Waals surface area contributed by atoms with E-state index in [4.69, 9.17) is 12.2 Å². The van der Waals surface area contributed by atoms with Crippen LogP contribution in [0.15, 0.2) is 17.1 Å². The molecule has 3 nitrogen and oxygen atoms in total. The largest absolute Gasteiger partial charge is 0.297 e. The van der Waals surface area contributed by atoms with Crippen LogP contribution in [0.2, 0.25) is 0 Å². The molecule has 0 aromatic heterocycles. The summed E-state index contributed by atoms with van der Waals surface area (Å²) in [5.41, 5.74) is 1.10. The molecule has 1 aliphatic heterocycles. The molecular weight excluding hydrogens is 160 g/mol. The van der Waals surface area contributed by atoms with E-state index in [0.717, 1.165) is 0 Å². The number of rotatable bonds is 1. The predicted octanol–water partition coefficient (Wildman–Crippen LogP) is 0.808. The molecule has 0 saturated heterocycles. The summed E-state index contributed by atoms with van der Waals surface area (Å²) in [6, 6.07) is 0. The monoisotopic (exact) mass is 168 g/mol. The van der Waals surface area contributed by atoms with Gasteiger partial charge >= 0.3 is 0 Å². The fraction of sp³-hybridized carbons (Fsp3) is 0.286. The topological polar surface area (TPSA) is 41.5 Å². The average Bonchev–Trinajstić information content (AvgIpc) is 1.96. The molecule has 1 amide bonds. The molecular formula is C7H8N2OS. The van der Waals surface area contributed by atoms with E-state index in [1.165, 1.54) is 0 Å². The molecule has 0 atom stereocenters. The highest BCUT2D eigenvalue weighted by atomic mass is 32.1. The number of hydrogen-bond acceptors (Lipinski definition) is 2. The van der Waals surface area contributed by atoms with Crippen LogP contribution in [0.5, 0.6) is 0 Å². The summed E-state index contributed by atoms with van der Waals surface area (Å²) < 4.78 is 0. The lowest BCUT2D eigenvalue weighted by Gasteiger charge is -2.13. The SMILES string of the molecule is C=C1C(=O)NC(=S)N=C1CC. The van der Waals surface area contributed by atoms with Crippen LogP contribution in [0.1, 0.15) is 13.3 Å². The molecule has 1 rings (SSSR count). The van der Waals surface area contributed by atoms with Gasteiger partial charge in [-0.1, -0.05) is 13.5 Å². The second-order valence-electron chi connectivity index (χ2n) is 2.15. The average molecular weight is 168 g/mol. The Labute approximate surface area is 70.2 Å². The standard InChI is InChI=1S/C7H8N2OS/c1-3-5-4(2)6(10)9-7(11)8-5/h2-3H2,1H3,(H,9,10,11). The molecule has 0 aliphatic carbocycles. The highest BCUT2D eigenvalue weighted by Crippen LogP contribution is 2.05. The van der Waals surface area contributed by atoms with Gasteiger partial charge in [-0.25, -0.2) is 4.99 Å². The van der Waals surface area contributed by atoms with E-state index >= 15 is 0 Å². The molecule has 11 heavy (non-hydrogen) atoms. The Morgan fingerprint density at radius 1 is 1.73 bits per heavy atom. The van der Waals surface area contributed by atoms with Crippen molar-refractivity contribution >= 4 is 28.9 Å². The van der Waals surface area contributed by atoms with Gasteiger partial charge in [0.1, 0.15) is 0 Å². The van der Waals surface area contributed by atoms with Gasteiger partial charge in [-0.05, 0) is 18.6 Å². The Hall–Kier alpha value is -1.03. The van der Waals surface area contributed by atoms with Crippen molar-refractivity contribution in [3.05, 3.63) is 12.2 Å². The minimum absolute atomic E-state index is 0.234. The Morgan fingerprint density at radius 3 is 2.91 bits per heavy atom. The molecule has 0 bridgehead atoms. The fourth-order valence-corrected chi connectivity index (χ4v) is 1.02. The Bertz CT molecular complexity index is 268. The summed E-state index contributed by atoms with van der Waals surface area (Å²) in [5.74, 6) is -0.234. The van der Waals surface area contributed by atoms with Gasteiger partial charge in [0.2, 0.25) is 0 Å². The zero-order valence-corrected chi connectivity index (χ0v) is 6.99. The molecule has 4 heteroatoms. The first kappa shape index (κ1) is 8.07. The van der Waals surface area contributed by atoms with Crippen molar-refractivity contribution in [2.45, 2.75) is 13.3 Å². The molecule has 1 heterocycles. The zero-order valence-electron chi connectivity index (χ0n) is 6.18. The first-order valence-electron chi connectivity index (χ1n) is 3.27. The van der Waals surface area contributed by atoms with Crippen LogP contribution in [-0.2, 0) is 4.79 Å². The van der Waals surface area contributed by atoms with Crippen LogP contribution in [-0.4, -0.2) is 16.7 Å². The van der Waals surface area contributed by atoms with Crippen molar-refractivity contribution in [2.24, 2.45) is 4.99 Å². The predicted molar refractivity (Wildman–Crippen MR) is 47.6 cm³/mol. The molecule has 1 N–H and O–H groups in total. The van der Waals surface area contributed by atoms with E-state index in [1.54, 1.807) is 0 Å². The van der Waals surface area contributed by atoms with E-state index in [-0.39, 0.29) is 11.0 Å². The lowest BCUT2D eigenvalue weighted by atomic mass is 10.1. The second-order valence-corrected chi connectivity index (χ2v) is 2.54. The minimum atomic E-state index is -0.234. The molecule has 0 aromatic rings. The Morgan fingerprint density at radius 2 is 2.36 bits per heavy atom. The second kappa shape index (κ2) is 2.92. The molecule has 0 fully saturated rings. The first-order chi connectivity index (χ1) is 5.15.